The van der Waals surface area contributed by atoms with Crippen molar-refractivity contribution in [3.05, 3.63) is 0 Å². The van der Waals surface area contributed by atoms with Crippen molar-refractivity contribution in [1.82, 2.24) is 0 Å². The van der Waals surface area contributed by atoms with E-state index in [4.69, 9.17) is 0 Å². The highest BCUT2D eigenvalue weighted by atomic mass is 32.2. The largest absolute Gasteiger partial charge is 0.178 e. The van der Waals surface area contributed by atoms with E-state index in [1.54, 1.807) is 0 Å². The second kappa shape index (κ2) is 14.2. The highest BCUT2D eigenvalue weighted by Gasteiger charge is 2.00. The molecule has 17 heavy (non-hydrogen) atoms. The van der Waals surface area contributed by atoms with Crippen LogP contribution in [0.25, 0.3) is 0 Å². The first-order valence-corrected chi connectivity index (χ1v) is 9.81. The van der Waals surface area contributed by atoms with E-state index in [2.05, 4.69) is 62.3 Å². The molecule has 0 radical (unpaired) electrons. The summed E-state index contributed by atoms with van der Waals surface area (Å²) in [7, 11) is 0. The van der Waals surface area contributed by atoms with Crippen LogP contribution >= 0.6 is 62.3 Å². The third-order valence-corrected chi connectivity index (χ3v) is 6.07. The Balaban J connectivity index is 3.04. The number of thiol groups is 4. The summed E-state index contributed by atoms with van der Waals surface area (Å²) in [6.07, 6.45) is 7.63. The zero-order valence-electron chi connectivity index (χ0n) is 10.4. The minimum absolute atomic E-state index is 0.483. The van der Waals surface area contributed by atoms with Crippen molar-refractivity contribution in [3.8, 4) is 0 Å². The summed E-state index contributed by atoms with van der Waals surface area (Å²) in [6, 6.07) is 0. The lowest BCUT2D eigenvalue weighted by Crippen LogP contribution is -2.00. The van der Waals surface area contributed by atoms with E-state index in [9.17, 15) is 0 Å². The molecule has 0 fully saturated rings. The van der Waals surface area contributed by atoms with Crippen molar-refractivity contribution in [1.29, 1.82) is 0 Å². The van der Waals surface area contributed by atoms with Gasteiger partial charge in [-0.05, 0) is 37.2 Å². The van der Waals surface area contributed by atoms with Crippen LogP contribution in [0, 0.1) is 0 Å². The van der Waals surface area contributed by atoms with E-state index < -0.39 is 0 Å². The Hall–Kier alpha value is 1.75. The van der Waals surface area contributed by atoms with Gasteiger partial charge in [-0.2, -0.15) is 62.3 Å². The molecular weight excluding hydrogens is 304 g/mol. The number of rotatable bonds is 12. The average Bonchev–Trinajstić information content (AvgIpc) is 2.35. The fourth-order valence-electron chi connectivity index (χ4n) is 1.45. The highest BCUT2D eigenvalue weighted by Crippen LogP contribution is 2.14. The summed E-state index contributed by atoms with van der Waals surface area (Å²) in [5.41, 5.74) is 0. The Bertz CT molecular complexity index is 138. The maximum Gasteiger partial charge on any atom is 0.0105 e. The van der Waals surface area contributed by atoms with Crippen LogP contribution in [0.3, 0.4) is 0 Å². The van der Waals surface area contributed by atoms with Crippen molar-refractivity contribution in [2.24, 2.45) is 0 Å². The van der Waals surface area contributed by atoms with Gasteiger partial charge in [-0.15, -0.1) is 0 Å². The quantitative estimate of drug-likeness (QED) is 0.301. The van der Waals surface area contributed by atoms with Gasteiger partial charge >= 0.3 is 0 Å². The molecule has 0 aliphatic carbocycles. The third-order valence-electron chi connectivity index (χ3n) is 2.57. The zero-order chi connectivity index (χ0) is 12.9. The predicted molar refractivity (Wildman–Crippen MR) is 98.3 cm³/mol. The normalized spacial score (nSPS) is 14.8. The minimum atomic E-state index is 0.483. The van der Waals surface area contributed by atoms with Crippen LogP contribution in [-0.4, -0.2) is 33.5 Å². The summed E-state index contributed by atoms with van der Waals surface area (Å²) in [4.78, 5) is 0. The fraction of sp³-hybridized carbons (Fsp3) is 1.00. The highest BCUT2D eigenvalue weighted by molar-refractivity contribution is 7.99. The molecule has 2 atom stereocenters. The van der Waals surface area contributed by atoms with Crippen LogP contribution < -0.4 is 0 Å². The van der Waals surface area contributed by atoms with E-state index >= 15 is 0 Å². The van der Waals surface area contributed by atoms with Crippen LogP contribution in [-0.2, 0) is 0 Å². The first-order chi connectivity index (χ1) is 8.20. The van der Waals surface area contributed by atoms with Gasteiger partial charge in [0, 0.05) is 22.0 Å². The van der Waals surface area contributed by atoms with Gasteiger partial charge in [-0.25, -0.2) is 0 Å². The van der Waals surface area contributed by atoms with Gasteiger partial charge in [0.15, 0.2) is 0 Å². The summed E-state index contributed by atoms with van der Waals surface area (Å²) >= 11 is 19.4. The van der Waals surface area contributed by atoms with Crippen molar-refractivity contribution < 1.29 is 0 Å². The van der Waals surface area contributed by atoms with Gasteiger partial charge in [0.1, 0.15) is 0 Å². The number of unbranched alkanes of at least 4 members (excludes halogenated alkanes) is 2. The van der Waals surface area contributed by atoms with Crippen molar-refractivity contribution in [3.63, 3.8) is 0 Å². The monoisotopic (exact) mass is 330 g/mol. The van der Waals surface area contributed by atoms with Crippen LogP contribution in [0.1, 0.15) is 38.5 Å². The van der Waals surface area contributed by atoms with Gasteiger partial charge in [0.05, 0.1) is 0 Å². The summed E-state index contributed by atoms with van der Waals surface area (Å²) in [6.45, 7) is 0. The molecule has 0 saturated carbocycles. The molecule has 0 aliphatic rings. The van der Waals surface area contributed by atoms with Crippen molar-refractivity contribution >= 4 is 62.3 Å². The van der Waals surface area contributed by atoms with Crippen molar-refractivity contribution in [2.75, 3.05) is 23.0 Å². The predicted octanol–water partition coefficient (Wildman–Crippen LogP) is 4.52. The number of thioether (sulfide) groups is 1. The van der Waals surface area contributed by atoms with Crippen LogP contribution in [0.15, 0.2) is 0 Å². The Morgan fingerprint density at radius 2 is 1.12 bits per heavy atom. The SMILES string of the molecule is SCC(S)CCCCSCCCCC(S)CS. The number of hydrogen-bond donors (Lipinski definition) is 4. The molecule has 0 rings (SSSR count). The maximum absolute atomic E-state index is 4.43. The van der Waals surface area contributed by atoms with Crippen LogP contribution in [0.4, 0.5) is 0 Å². The van der Waals surface area contributed by atoms with E-state index in [1.165, 1.54) is 50.0 Å². The first-order valence-electron chi connectivity index (χ1n) is 6.36. The van der Waals surface area contributed by atoms with Gasteiger partial charge < -0.3 is 0 Å². The van der Waals surface area contributed by atoms with Gasteiger partial charge in [0.25, 0.3) is 0 Å². The Kier molecular flexibility index (Phi) is 15.6. The average molecular weight is 331 g/mol. The van der Waals surface area contributed by atoms with Gasteiger partial charge in [-0.1, -0.05) is 12.8 Å². The molecule has 0 amide bonds. The molecule has 5 heteroatoms. The van der Waals surface area contributed by atoms with Crippen LogP contribution in [0.5, 0.6) is 0 Å². The molecule has 104 valence electrons. The molecule has 2 unspecified atom stereocenters. The molecule has 0 saturated heterocycles. The lowest BCUT2D eigenvalue weighted by atomic mass is 10.2. The van der Waals surface area contributed by atoms with E-state index in [0.29, 0.717) is 10.5 Å². The molecule has 0 heterocycles. The molecule has 0 aromatic heterocycles. The standard InChI is InChI=1S/C12H26S5/c13-9-11(15)5-1-3-7-17-8-4-2-6-12(16)10-14/h11-16H,1-10H2. The zero-order valence-corrected chi connectivity index (χ0v) is 14.8. The first kappa shape index (κ1) is 18.8. The molecular formula is C12H26S5. The lowest BCUT2D eigenvalue weighted by Gasteiger charge is -2.07. The third kappa shape index (κ3) is 14.0. The number of hydrogen-bond acceptors (Lipinski definition) is 5. The minimum Gasteiger partial charge on any atom is -0.178 e. The molecule has 0 nitrogen and oxygen atoms in total. The molecule has 0 aromatic carbocycles. The van der Waals surface area contributed by atoms with E-state index in [-0.39, 0.29) is 0 Å². The summed E-state index contributed by atoms with van der Waals surface area (Å²) < 4.78 is 0. The molecule has 0 bridgehead atoms. The maximum atomic E-state index is 4.43. The smallest absolute Gasteiger partial charge is 0.0105 e. The summed E-state index contributed by atoms with van der Waals surface area (Å²) in [5, 5.41) is 0.966. The van der Waals surface area contributed by atoms with Gasteiger partial charge in [-0.3, -0.25) is 0 Å². The lowest BCUT2D eigenvalue weighted by molar-refractivity contribution is 0.718. The fourth-order valence-corrected chi connectivity index (χ4v) is 3.20. The molecule has 0 aliphatic heterocycles. The van der Waals surface area contributed by atoms with Crippen molar-refractivity contribution in [2.45, 2.75) is 49.0 Å². The molecule has 0 aromatic rings. The second-order valence-corrected chi connectivity index (χ2v) is 7.69. The van der Waals surface area contributed by atoms with Crippen LogP contribution in [0.2, 0.25) is 0 Å². The van der Waals surface area contributed by atoms with E-state index in [1.807, 2.05) is 0 Å². The second-order valence-electron chi connectivity index (χ2n) is 4.28. The topological polar surface area (TPSA) is 0 Å². The Morgan fingerprint density at radius 1 is 0.706 bits per heavy atom. The Morgan fingerprint density at radius 3 is 1.47 bits per heavy atom. The molecule has 0 spiro atoms. The molecule has 0 N–H and O–H groups in total. The van der Waals surface area contributed by atoms with Gasteiger partial charge in [0.2, 0.25) is 0 Å². The summed E-state index contributed by atoms with van der Waals surface area (Å²) in [5.74, 6) is 4.38. The Labute approximate surface area is 133 Å². The van der Waals surface area contributed by atoms with E-state index in [0.717, 1.165) is 11.5 Å².